The van der Waals surface area contributed by atoms with Crippen molar-refractivity contribution in [2.45, 2.75) is 90.5 Å². The summed E-state index contributed by atoms with van der Waals surface area (Å²) in [6.45, 7) is 13.6. The lowest BCUT2D eigenvalue weighted by Crippen LogP contribution is -2.58. The Morgan fingerprint density at radius 3 is 2.56 bits per heavy atom. The summed E-state index contributed by atoms with van der Waals surface area (Å²) in [6, 6.07) is 0. The van der Waals surface area contributed by atoms with Gasteiger partial charge in [0.1, 0.15) is 11.7 Å². The molecule has 0 aromatic heterocycles. The maximum absolute atomic E-state index is 13.5. The topological polar surface area (TPSA) is 129 Å². The van der Waals surface area contributed by atoms with E-state index in [0.717, 1.165) is 0 Å². The van der Waals surface area contributed by atoms with E-state index >= 15 is 0 Å². The summed E-state index contributed by atoms with van der Waals surface area (Å²) in [5.74, 6) is -4.77. The Kier molecular flexibility index (Phi) is 7.38. The molecule has 0 amide bonds. The van der Waals surface area contributed by atoms with Gasteiger partial charge in [-0.1, -0.05) is 33.4 Å². The number of hydrogen-bond donors (Lipinski definition) is 1. The Hall–Kier alpha value is -2.52. The molecule has 188 valence electrons. The fourth-order valence-corrected chi connectivity index (χ4v) is 4.52. The first-order valence-corrected chi connectivity index (χ1v) is 11.7. The van der Waals surface area contributed by atoms with Crippen molar-refractivity contribution >= 4 is 23.7 Å². The molecule has 1 aliphatic carbocycles. The summed E-state index contributed by atoms with van der Waals surface area (Å²) in [4.78, 5) is 51.5. The standard InChI is InChI=1S/C25H34O9/c1-8-11(3)22(27)32-18-16-14(6)24(29)33-19(16)21(34-23(28)12(4)9-2)25(7,30)20-15(31-20)10-13(5)17(18)26/h8,12-13,15-16,18-21,30H,6,9-10H2,1-5,7H3. The molecule has 3 rings (SSSR count). The third-order valence-electron chi connectivity index (χ3n) is 7.22. The van der Waals surface area contributed by atoms with E-state index in [4.69, 9.17) is 18.9 Å². The van der Waals surface area contributed by atoms with Crippen LogP contribution in [0.1, 0.15) is 54.4 Å². The number of ketones is 1. The lowest BCUT2D eigenvalue weighted by Gasteiger charge is -2.39. The molecule has 2 heterocycles. The zero-order valence-corrected chi connectivity index (χ0v) is 20.5. The minimum absolute atomic E-state index is 0.0873. The molecule has 1 saturated carbocycles. The van der Waals surface area contributed by atoms with E-state index < -0.39 is 77.6 Å². The van der Waals surface area contributed by atoms with Crippen LogP contribution in [-0.2, 0) is 38.1 Å². The molecule has 0 aromatic rings. The van der Waals surface area contributed by atoms with Crippen LogP contribution in [0.5, 0.6) is 0 Å². The van der Waals surface area contributed by atoms with Gasteiger partial charge in [0, 0.05) is 17.1 Å². The number of fused-ring (bicyclic) bond motifs is 2. The molecule has 9 heteroatoms. The van der Waals surface area contributed by atoms with Crippen molar-refractivity contribution in [3.63, 3.8) is 0 Å². The third kappa shape index (κ3) is 4.68. The monoisotopic (exact) mass is 478 g/mol. The predicted octanol–water partition coefficient (Wildman–Crippen LogP) is 2.05. The molecule has 3 fully saturated rings. The first-order chi connectivity index (χ1) is 15.8. The molecular formula is C25H34O9. The van der Waals surface area contributed by atoms with Gasteiger partial charge < -0.3 is 24.1 Å². The minimum atomic E-state index is -1.74. The predicted molar refractivity (Wildman–Crippen MR) is 119 cm³/mol. The van der Waals surface area contributed by atoms with Gasteiger partial charge in [-0.3, -0.25) is 9.59 Å². The molecule has 0 aromatic carbocycles. The van der Waals surface area contributed by atoms with Crippen molar-refractivity contribution in [2.75, 3.05) is 0 Å². The number of carbonyl (C=O) groups excluding carboxylic acids is 4. The van der Waals surface area contributed by atoms with Gasteiger partial charge in [-0.25, -0.2) is 9.59 Å². The molecule has 2 saturated heterocycles. The SMILES string of the molecule is C=C1C(=O)OC2C1C(OC(=O)C(C)=CC)C(=O)C(C)CC1OC1C(C)(O)C2OC(=O)C(C)CC. The molecule has 34 heavy (non-hydrogen) atoms. The zero-order valence-electron chi connectivity index (χ0n) is 20.5. The fraction of sp³-hybridized carbons (Fsp3) is 0.680. The van der Waals surface area contributed by atoms with Crippen LogP contribution in [0.2, 0.25) is 0 Å². The first-order valence-electron chi connectivity index (χ1n) is 11.7. The van der Waals surface area contributed by atoms with Crippen molar-refractivity contribution in [1.29, 1.82) is 0 Å². The number of rotatable bonds is 5. The van der Waals surface area contributed by atoms with Gasteiger partial charge in [0.05, 0.1) is 17.9 Å². The summed E-state index contributed by atoms with van der Waals surface area (Å²) >= 11 is 0. The van der Waals surface area contributed by atoms with Crippen LogP contribution in [0, 0.1) is 17.8 Å². The Morgan fingerprint density at radius 1 is 1.32 bits per heavy atom. The normalized spacial score (nSPS) is 38.9. The van der Waals surface area contributed by atoms with Gasteiger partial charge in [-0.15, -0.1) is 0 Å². The Morgan fingerprint density at radius 2 is 1.97 bits per heavy atom. The molecule has 0 spiro atoms. The smallest absolute Gasteiger partial charge is 0.334 e. The lowest BCUT2D eigenvalue weighted by molar-refractivity contribution is -0.196. The highest BCUT2D eigenvalue weighted by molar-refractivity contribution is 5.97. The lowest BCUT2D eigenvalue weighted by atomic mass is 9.76. The number of epoxide rings is 1. The second-order valence-corrected chi connectivity index (χ2v) is 9.75. The molecule has 9 unspecified atom stereocenters. The van der Waals surface area contributed by atoms with Crippen molar-refractivity contribution < 1.29 is 43.2 Å². The Labute approximate surface area is 199 Å². The Bertz CT molecular complexity index is 917. The van der Waals surface area contributed by atoms with Gasteiger partial charge in [-0.2, -0.15) is 0 Å². The maximum Gasteiger partial charge on any atom is 0.334 e. The number of esters is 3. The maximum atomic E-state index is 13.5. The molecule has 0 radical (unpaired) electrons. The van der Waals surface area contributed by atoms with E-state index in [-0.39, 0.29) is 17.6 Å². The van der Waals surface area contributed by atoms with E-state index in [9.17, 15) is 24.3 Å². The van der Waals surface area contributed by atoms with Crippen molar-refractivity contribution in [1.82, 2.24) is 0 Å². The highest BCUT2D eigenvalue weighted by atomic mass is 16.6. The molecule has 9 nitrogen and oxygen atoms in total. The summed E-state index contributed by atoms with van der Waals surface area (Å²) in [5, 5.41) is 11.5. The molecule has 2 aliphatic heterocycles. The van der Waals surface area contributed by atoms with E-state index in [1.165, 1.54) is 6.92 Å². The molecular weight excluding hydrogens is 444 g/mol. The summed E-state index contributed by atoms with van der Waals surface area (Å²) in [6.07, 6.45) is -2.98. The number of ether oxygens (including phenoxy) is 4. The van der Waals surface area contributed by atoms with E-state index in [2.05, 4.69) is 6.58 Å². The first kappa shape index (κ1) is 26.1. The van der Waals surface area contributed by atoms with Crippen molar-refractivity contribution in [2.24, 2.45) is 17.8 Å². The number of hydrogen-bond acceptors (Lipinski definition) is 9. The highest BCUT2D eigenvalue weighted by Gasteiger charge is 2.64. The van der Waals surface area contributed by atoms with Crippen LogP contribution in [-0.4, -0.2) is 64.9 Å². The number of Topliss-reactive ketones (excluding diaryl/α,β-unsaturated/α-hetero) is 1. The summed E-state index contributed by atoms with van der Waals surface area (Å²) < 4.78 is 22.6. The third-order valence-corrected chi connectivity index (χ3v) is 7.22. The number of carbonyl (C=O) groups is 4. The van der Waals surface area contributed by atoms with Crippen LogP contribution < -0.4 is 0 Å². The van der Waals surface area contributed by atoms with Crippen LogP contribution in [0.4, 0.5) is 0 Å². The average Bonchev–Trinajstić information content (AvgIpc) is 3.52. The largest absolute Gasteiger partial charge is 0.455 e. The average molecular weight is 479 g/mol. The number of aliphatic hydroxyl groups is 1. The van der Waals surface area contributed by atoms with E-state index in [1.807, 2.05) is 6.92 Å². The van der Waals surface area contributed by atoms with Crippen molar-refractivity contribution in [3.05, 3.63) is 23.8 Å². The molecule has 9 atom stereocenters. The molecule has 0 bridgehead atoms. The second-order valence-electron chi connectivity index (χ2n) is 9.75. The van der Waals surface area contributed by atoms with Crippen LogP contribution in [0.15, 0.2) is 23.8 Å². The van der Waals surface area contributed by atoms with Crippen LogP contribution in [0.25, 0.3) is 0 Å². The highest BCUT2D eigenvalue weighted by Crippen LogP contribution is 2.46. The van der Waals surface area contributed by atoms with Crippen LogP contribution >= 0.6 is 0 Å². The zero-order chi connectivity index (χ0) is 25.5. The van der Waals surface area contributed by atoms with Crippen molar-refractivity contribution in [3.8, 4) is 0 Å². The van der Waals surface area contributed by atoms with E-state index in [1.54, 1.807) is 33.8 Å². The Balaban J connectivity index is 2.10. The number of allylic oxidation sites excluding steroid dienone is 1. The second kappa shape index (κ2) is 9.62. The van der Waals surface area contributed by atoms with Crippen LogP contribution in [0.3, 0.4) is 0 Å². The quantitative estimate of drug-likeness (QED) is 0.273. The fourth-order valence-electron chi connectivity index (χ4n) is 4.52. The van der Waals surface area contributed by atoms with Gasteiger partial charge in [0.25, 0.3) is 0 Å². The van der Waals surface area contributed by atoms with Gasteiger partial charge in [0.15, 0.2) is 24.1 Å². The van der Waals surface area contributed by atoms with Gasteiger partial charge >= 0.3 is 17.9 Å². The molecule has 3 aliphatic rings. The van der Waals surface area contributed by atoms with E-state index in [0.29, 0.717) is 6.42 Å². The minimum Gasteiger partial charge on any atom is -0.455 e. The molecule has 1 N–H and O–H groups in total. The summed E-state index contributed by atoms with van der Waals surface area (Å²) in [7, 11) is 0. The van der Waals surface area contributed by atoms with Gasteiger partial charge in [0.2, 0.25) is 0 Å². The summed E-state index contributed by atoms with van der Waals surface area (Å²) in [5.41, 5.74) is -1.55. The van der Waals surface area contributed by atoms with Gasteiger partial charge in [-0.05, 0) is 33.6 Å².